The Hall–Kier alpha value is -3.45. The molecule has 0 aliphatic rings. The molecule has 30 heavy (non-hydrogen) atoms. The van der Waals surface area contributed by atoms with E-state index in [1.807, 2.05) is 68.0 Å². The van der Waals surface area contributed by atoms with Gasteiger partial charge in [0, 0.05) is 12.5 Å². The fraction of sp³-hybridized carbons (Fsp3) is 0.261. The molecule has 0 saturated carbocycles. The van der Waals surface area contributed by atoms with E-state index in [9.17, 15) is 0 Å². The molecule has 1 unspecified atom stereocenters. The lowest BCUT2D eigenvalue weighted by molar-refractivity contribution is 0.195. The van der Waals surface area contributed by atoms with Gasteiger partial charge in [0.15, 0.2) is 5.82 Å². The Labute approximate surface area is 175 Å². The van der Waals surface area contributed by atoms with Crippen molar-refractivity contribution in [1.82, 2.24) is 25.3 Å². The topological polar surface area (TPSA) is 90.9 Å². The minimum atomic E-state index is -0.0435. The largest absolute Gasteiger partial charge is 0.486 e. The first-order valence-corrected chi connectivity index (χ1v) is 10.0. The maximum absolute atomic E-state index is 6.40. The predicted octanol–water partition coefficient (Wildman–Crippen LogP) is 3.74. The SMILES string of the molecule is CNCCC(Oc1cccc(-n2nc3c(N)nnc(C)c3c2C)c1)c1ccccc1. The van der Waals surface area contributed by atoms with Gasteiger partial charge in [0.2, 0.25) is 0 Å². The van der Waals surface area contributed by atoms with Crippen LogP contribution in [0.4, 0.5) is 5.82 Å². The first kappa shape index (κ1) is 19.8. The number of aromatic nitrogens is 4. The molecule has 154 valence electrons. The quantitative estimate of drug-likeness (QED) is 0.489. The third-order valence-electron chi connectivity index (χ3n) is 5.20. The summed E-state index contributed by atoms with van der Waals surface area (Å²) >= 11 is 0. The summed E-state index contributed by atoms with van der Waals surface area (Å²) in [4.78, 5) is 0. The first-order valence-electron chi connectivity index (χ1n) is 10.0. The average Bonchev–Trinajstić information content (AvgIpc) is 3.13. The summed E-state index contributed by atoms with van der Waals surface area (Å²) < 4.78 is 8.27. The van der Waals surface area contributed by atoms with Crippen molar-refractivity contribution >= 4 is 16.7 Å². The van der Waals surface area contributed by atoms with E-state index >= 15 is 0 Å². The van der Waals surface area contributed by atoms with E-state index in [1.165, 1.54) is 0 Å². The molecule has 4 rings (SSSR count). The Kier molecular flexibility index (Phi) is 5.63. The second-order valence-electron chi connectivity index (χ2n) is 7.30. The van der Waals surface area contributed by atoms with E-state index in [4.69, 9.17) is 15.6 Å². The maximum atomic E-state index is 6.40. The van der Waals surface area contributed by atoms with Crippen LogP contribution in [-0.4, -0.2) is 33.6 Å². The monoisotopic (exact) mass is 402 g/mol. The van der Waals surface area contributed by atoms with Crippen LogP contribution in [0.15, 0.2) is 54.6 Å². The zero-order chi connectivity index (χ0) is 21.1. The average molecular weight is 403 g/mol. The highest BCUT2D eigenvalue weighted by molar-refractivity contribution is 5.91. The number of ether oxygens (including phenoxy) is 1. The van der Waals surface area contributed by atoms with Gasteiger partial charge in [0.1, 0.15) is 17.4 Å². The number of hydrogen-bond donors (Lipinski definition) is 2. The van der Waals surface area contributed by atoms with Gasteiger partial charge >= 0.3 is 0 Å². The van der Waals surface area contributed by atoms with Gasteiger partial charge in [-0.15, -0.1) is 5.10 Å². The summed E-state index contributed by atoms with van der Waals surface area (Å²) in [7, 11) is 1.95. The minimum absolute atomic E-state index is 0.0435. The number of nitrogens with one attached hydrogen (secondary N) is 1. The fourth-order valence-corrected chi connectivity index (χ4v) is 3.68. The molecule has 4 aromatic rings. The predicted molar refractivity (Wildman–Crippen MR) is 119 cm³/mol. The van der Waals surface area contributed by atoms with Crippen LogP contribution in [0.3, 0.4) is 0 Å². The lowest BCUT2D eigenvalue weighted by atomic mass is 10.1. The van der Waals surface area contributed by atoms with Crippen molar-refractivity contribution in [2.24, 2.45) is 0 Å². The molecule has 0 aliphatic carbocycles. The number of nitrogens with two attached hydrogens (primary N) is 1. The lowest BCUT2D eigenvalue weighted by Gasteiger charge is -2.20. The van der Waals surface area contributed by atoms with E-state index in [-0.39, 0.29) is 6.10 Å². The molecule has 7 heteroatoms. The van der Waals surface area contributed by atoms with Crippen molar-refractivity contribution < 1.29 is 4.74 Å². The van der Waals surface area contributed by atoms with Crippen LogP contribution < -0.4 is 15.8 Å². The summed E-state index contributed by atoms with van der Waals surface area (Å²) in [5.74, 6) is 1.12. The van der Waals surface area contributed by atoms with E-state index in [2.05, 4.69) is 27.6 Å². The standard InChI is InChI=1S/C23H26N6O/c1-15-21-16(2)29(28-22(21)23(24)27-26-15)18-10-7-11-19(14-18)30-20(12-13-25-3)17-8-5-4-6-9-17/h4-11,14,20,25H,12-13H2,1-3H3,(H2,24,27). The molecule has 0 amide bonds. The normalized spacial score (nSPS) is 12.2. The number of nitrogens with zero attached hydrogens (tertiary/aromatic N) is 4. The number of hydrogen-bond acceptors (Lipinski definition) is 6. The van der Waals surface area contributed by atoms with Crippen LogP contribution in [0.2, 0.25) is 0 Å². The van der Waals surface area contributed by atoms with Crippen molar-refractivity contribution in [3.63, 3.8) is 0 Å². The second-order valence-corrected chi connectivity index (χ2v) is 7.30. The Bertz CT molecular complexity index is 1160. The van der Waals surface area contributed by atoms with E-state index < -0.39 is 0 Å². The van der Waals surface area contributed by atoms with Gasteiger partial charge in [-0.2, -0.15) is 10.2 Å². The summed E-state index contributed by atoms with van der Waals surface area (Å²) in [5.41, 5.74) is 10.5. The molecule has 2 heterocycles. The van der Waals surface area contributed by atoms with Gasteiger partial charge in [-0.3, -0.25) is 0 Å². The summed E-state index contributed by atoms with van der Waals surface area (Å²) in [6.07, 6.45) is 0.820. The Balaban J connectivity index is 1.69. The molecular weight excluding hydrogens is 376 g/mol. The van der Waals surface area contributed by atoms with E-state index in [0.29, 0.717) is 11.3 Å². The van der Waals surface area contributed by atoms with Gasteiger partial charge in [-0.05, 0) is 45.1 Å². The number of rotatable bonds is 7. The molecule has 0 fully saturated rings. The lowest BCUT2D eigenvalue weighted by Crippen LogP contribution is -2.16. The van der Waals surface area contributed by atoms with Crippen LogP contribution in [0, 0.1) is 13.8 Å². The number of fused-ring (bicyclic) bond motifs is 1. The molecule has 0 spiro atoms. The fourth-order valence-electron chi connectivity index (χ4n) is 3.68. The highest BCUT2D eigenvalue weighted by Gasteiger charge is 2.17. The molecule has 0 aliphatic heterocycles. The van der Waals surface area contributed by atoms with Gasteiger partial charge in [-0.1, -0.05) is 36.4 Å². The zero-order valence-electron chi connectivity index (χ0n) is 17.5. The smallest absolute Gasteiger partial charge is 0.174 e. The van der Waals surface area contributed by atoms with Crippen molar-refractivity contribution in [2.45, 2.75) is 26.4 Å². The molecule has 7 nitrogen and oxygen atoms in total. The molecule has 1 atom stereocenters. The maximum Gasteiger partial charge on any atom is 0.174 e. The molecule has 0 radical (unpaired) electrons. The third-order valence-corrected chi connectivity index (χ3v) is 5.20. The van der Waals surface area contributed by atoms with Crippen LogP contribution in [0.5, 0.6) is 5.75 Å². The van der Waals surface area contributed by atoms with E-state index in [1.54, 1.807) is 0 Å². The zero-order valence-corrected chi connectivity index (χ0v) is 17.5. The van der Waals surface area contributed by atoms with Crippen LogP contribution in [0.1, 0.15) is 29.5 Å². The van der Waals surface area contributed by atoms with Gasteiger partial charge in [-0.25, -0.2) is 4.68 Å². The molecule has 3 N–H and O–H groups in total. The molecule has 2 aromatic carbocycles. The number of nitrogen functional groups attached to an aromatic ring is 1. The first-order chi connectivity index (χ1) is 14.6. The van der Waals surface area contributed by atoms with Gasteiger partial charge in [0.05, 0.1) is 22.5 Å². The number of aryl methyl sites for hydroxylation is 2. The molecular formula is C23H26N6O. The number of benzene rings is 2. The van der Waals surface area contributed by atoms with Gasteiger partial charge < -0.3 is 15.8 Å². The second kappa shape index (κ2) is 8.51. The Morgan fingerprint density at radius 2 is 1.87 bits per heavy atom. The van der Waals surface area contributed by atoms with Crippen LogP contribution in [-0.2, 0) is 0 Å². The minimum Gasteiger partial charge on any atom is -0.486 e. The Morgan fingerprint density at radius 1 is 1.07 bits per heavy atom. The van der Waals surface area contributed by atoms with Crippen LogP contribution >= 0.6 is 0 Å². The molecule has 0 bridgehead atoms. The van der Waals surface area contributed by atoms with Crippen molar-refractivity contribution in [2.75, 3.05) is 19.3 Å². The van der Waals surface area contributed by atoms with Crippen molar-refractivity contribution in [1.29, 1.82) is 0 Å². The Morgan fingerprint density at radius 3 is 2.60 bits per heavy atom. The number of anilines is 1. The molecule has 2 aromatic heterocycles. The van der Waals surface area contributed by atoms with Gasteiger partial charge in [0.25, 0.3) is 0 Å². The van der Waals surface area contributed by atoms with Crippen LogP contribution in [0.25, 0.3) is 16.6 Å². The van der Waals surface area contributed by atoms with E-state index in [0.717, 1.165) is 46.7 Å². The highest BCUT2D eigenvalue weighted by atomic mass is 16.5. The summed E-state index contributed by atoms with van der Waals surface area (Å²) in [6.45, 7) is 4.79. The van der Waals surface area contributed by atoms with Crippen molar-refractivity contribution in [3.8, 4) is 11.4 Å². The molecule has 0 saturated heterocycles. The third kappa shape index (κ3) is 3.84. The summed E-state index contributed by atoms with van der Waals surface area (Å²) in [5, 5.41) is 17.0. The highest BCUT2D eigenvalue weighted by Crippen LogP contribution is 2.29. The summed E-state index contributed by atoms with van der Waals surface area (Å²) in [6, 6.07) is 18.2. The van der Waals surface area contributed by atoms with Crippen molar-refractivity contribution in [3.05, 3.63) is 71.5 Å².